The molecule has 0 amide bonds. The van der Waals surface area contributed by atoms with Crippen molar-refractivity contribution in [3.63, 3.8) is 0 Å². The van der Waals surface area contributed by atoms with Crippen LogP contribution in [0.3, 0.4) is 0 Å². The van der Waals surface area contributed by atoms with E-state index in [-0.39, 0.29) is 70.0 Å². The van der Waals surface area contributed by atoms with E-state index < -0.39 is 0 Å². The van der Waals surface area contributed by atoms with E-state index in [9.17, 15) is 0 Å². The van der Waals surface area contributed by atoms with Crippen molar-refractivity contribution in [2.75, 3.05) is 39.5 Å². The van der Waals surface area contributed by atoms with Crippen LogP contribution in [0.5, 0.6) is 0 Å². The molecule has 0 atom stereocenters. The van der Waals surface area contributed by atoms with Crippen molar-refractivity contribution >= 4 is 50.1 Å². The fraction of sp³-hybridized carbons (Fsp3) is 1.00. The van der Waals surface area contributed by atoms with Gasteiger partial charge in [0.05, 0.1) is 19.8 Å². The number of aliphatic hydroxyl groups excluding tert-OH is 3. The summed E-state index contributed by atoms with van der Waals surface area (Å²) in [7, 11) is 0. The van der Waals surface area contributed by atoms with Gasteiger partial charge in [0, 0.05) is 19.6 Å². The summed E-state index contributed by atoms with van der Waals surface area (Å²) in [6, 6.07) is 0. The molecule has 0 spiro atoms. The van der Waals surface area contributed by atoms with Gasteiger partial charge in [-0.3, -0.25) is 4.90 Å². The van der Waals surface area contributed by atoms with Crippen LogP contribution >= 0.6 is 12.4 Å². The van der Waals surface area contributed by atoms with E-state index in [4.69, 9.17) is 15.3 Å². The van der Waals surface area contributed by atoms with E-state index in [1.807, 2.05) is 0 Å². The van der Waals surface area contributed by atoms with Crippen LogP contribution in [0.15, 0.2) is 0 Å². The van der Waals surface area contributed by atoms with Gasteiger partial charge in [-0.2, -0.15) is 0 Å². The Bertz CT molecular complexity index is 65.5. The van der Waals surface area contributed by atoms with E-state index in [1.165, 1.54) is 0 Å². The standard InChI is InChI=1S/C6H15NO3.Ca.ClH.2H/c8-4-1-7(2-5-9)3-6-10;;;;/h8-10H,1-6H2;;1H;;. The third-order valence-electron chi connectivity index (χ3n) is 1.25. The van der Waals surface area contributed by atoms with Crippen LogP contribution in [0.25, 0.3) is 0 Å². The van der Waals surface area contributed by atoms with Crippen LogP contribution < -0.4 is 0 Å². The van der Waals surface area contributed by atoms with Crippen LogP contribution in [0, 0.1) is 0 Å². The topological polar surface area (TPSA) is 63.9 Å². The summed E-state index contributed by atoms with van der Waals surface area (Å²) in [5.74, 6) is 0. The molecule has 12 heavy (non-hydrogen) atoms. The second-order valence-corrected chi connectivity index (χ2v) is 2.01. The zero-order valence-corrected chi connectivity index (χ0v) is 7.26. The molecule has 74 valence electrons. The molecule has 0 aliphatic rings. The average molecular weight is 228 g/mol. The first-order valence-electron chi connectivity index (χ1n) is 3.40. The number of hydrogen-bond donors (Lipinski definition) is 3. The van der Waals surface area contributed by atoms with Crippen LogP contribution in [0.1, 0.15) is 0 Å². The molecule has 6 heteroatoms. The van der Waals surface area contributed by atoms with E-state index in [0.29, 0.717) is 19.6 Å². The molecule has 0 aromatic rings. The number of halogens is 1. The molecule has 0 heterocycles. The molecule has 0 unspecified atom stereocenters. The van der Waals surface area contributed by atoms with Gasteiger partial charge in [0.25, 0.3) is 0 Å². The second kappa shape index (κ2) is 14.9. The molecule has 0 rings (SSSR count). The first kappa shape index (κ1) is 19.0. The molecule has 3 N–H and O–H groups in total. The van der Waals surface area contributed by atoms with Gasteiger partial charge in [-0.1, -0.05) is 0 Å². The first-order valence-corrected chi connectivity index (χ1v) is 3.40. The van der Waals surface area contributed by atoms with Gasteiger partial charge >= 0.3 is 37.7 Å². The number of nitrogens with zero attached hydrogens (tertiary/aromatic N) is 1. The average Bonchev–Trinajstić information content (AvgIpc) is 1.90. The minimum absolute atomic E-state index is 0. The van der Waals surface area contributed by atoms with Crippen molar-refractivity contribution in [2.24, 2.45) is 0 Å². The van der Waals surface area contributed by atoms with Crippen molar-refractivity contribution in [3.05, 3.63) is 0 Å². The van der Waals surface area contributed by atoms with Gasteiger partial charge in [0.15, 0.2) is 0 Å². The molecule has 0 fully saturated rings. The molecule has 0 aromatic carbocycles. The van der Waals surface area contributed by atoms with Crippen LogP contribution in [-0.2, 0) is 0 Å². The third kappa shape index (κ3) is 11.4. The van der Waals surface area contributed by atoms with Crippen LogP contribution in [-0.4, -0.2) is 97.4 Å². The predicted molar refractivity (Wildman–Crippen MR) is 53.5 cm³/mol. The minimum atomic E-state index is 0. The Morgan fingerprint density at radius 1 is 0.750 bits per heavy atom. The number of rotatable bonds is 6. The predicted octanol–water partition coefficient (Wildman–Crippen LogP) is -2.23. The Labute approximate surface area is 109 Å². The summed E-state index contributed by atoms with van der Waals surface area (Å²) in [6.07, 6.45) is 0. The van der Waals surface area contributed by atoms with Gasteiger partial charge in [0.1, 0.15) is 0 Å². The molecule has 0 saturated carbocycles. The molecule has 0 aliphatic carbocycles. The summed E-state index contributed by atoms with van der Waals surface area (Å²) in [4.78, 5) is 1.79. The quantitative estimate of drug-likeness (QED) is 0.450. The van der Waals surface area contributed by atoms with Gasteiger partial charge in [-0.05, 0) is 0 Å². The van der Waals surface area contributed by atoms with E-state index in [0.717, 1.165) is 0 Å². The van der Waals surface area contributed by atoms with E-state index >= 15 is 0 Å². The fourth-order valence-corrected chi connectivity index (χ4v) is 0.760. The van der Waals surface area contributed by atoms with Crippen molar-refractivity contribution in [2.45, 2.75) is 0 Å². The molecule has 4 nitrogen and oxygen atoms in total. The molecular weight excluding hydrogens is 210 g/mol. The molecular formula is C6H18CaClNO3. The summed E-state index contributed by atoms with van der Waals surface area (Å²) >= 11 is 0. The number of aliphatic hydroxyl groups is 3. The monoisotopic (exact) mass is 227 g/mol. The zero-order chi connectivity index (χ0) is 7.82. The number of hydrogen-bond acceptors (Lipinski definition) is 4. The summed E-state index contributed by atoms with van der Waals surface area (Å²) in [5.41, 5.74) is 0. The SMILES string of the molecule is Cl.OCCN(CCO)CCO.[CaH2]. The van der Waals surface area contributed by atoms with Crippen molar-refractivity contribution in [1.29, 1.82) is 0 Å². The summed E-state index contributed by atoms with van der Waals surface area (Å²) < 4.78 is 0. The zero-order valence-electron chi connectivity index (χ0n) is 6.44. The first-order chi connectivity index (χ1) is 4.85. The van der Waals surface area contributed by atoms with E-state index in [1.54, 1.807) is 4.90 Å². The summed E-state index contributed by atoms with van der Waals surface area (Å²) in [5, 5.41) is 25.5. The Kier molecular flexibility index (Phi) is 23.6. The molecule has 0 bridgehead atoms. The molecule has 0 saturated heterocycles. The van der Waals surface area contributed by atoms with Gasteiger partial charge in [-0.15, -0.1) is 12.4 Å². The second-order valence-electron chi connectivity index (χ2n) is 2.01. The summed E-state index contributed by atoms with van der Waals surface area (Å²) in [6.45, 7) is 1.75. The molecule has 0 aromatic heterocycles. The van der Waals surface area contributed by atoms with Crippen LogP contribution in [0.2, 0.25) is 0 Å². The Morgan fingerprint density at radius 3 is 1.17 bits per heavy atom. The maximum atomic E-state index is 8.48. The van der Waals surface area contributed by atoms with E-state index in [2.05, 4.69) is 0 Å². The van der Waals surface area contributed by atoms with Gasteiger partial charge in [0.2, 0.25) is 0 Å². The fourth-order valence-electron chi connectivity index (χ4n) is 0.760. The van der Waals surface area contributed by atoms with Gasteiger partial charge < -0.3 is 15.3 Å². The third-order valence-corrected chi connectivity index (χ3v) is 1.25. The van der Waals surface area contributed by atoms with Crippen molar-refractivity contribution < 1.29 is 15.3 Å². The molecule has 0 aliphatic heterocycles. The molecule has 0 radical (unpaired) electrons. The normalized spacial score (nSPS) is 9.00. The van der Waals surface area contributed by atoms with Crippen LogP contribution in [0.4, 0.5) is 0 Å². The maximum absolute atomic E-state index is 8.48. The Balaban J connectivity index is -0.000000405. The Hall–Kier alpha value is 1.39. The van der Waals surface area contributed by atoms with Gasteiger partial charge in [-0.25, -0.2) is 0 Å². The van der Waals surface area contributed by atoms with Crippen molar-refractivity contribution in [3.8, 4) is 0 Å². The Morgan fingerprint density at radius 2 is 1.00 bits per heavy atom. The van der Waals surface area contributed by atoms with Crippen molar-refractivity contribution in [1.82, 2.24) is 4.90 Å².